The number of aryl methyl sites for hydroxylation is 1. The van der Waals surface area contributed by atoms with Crippen LogP contribution in [-0.4, -0.2) is 23.6 Å². The number of nitrogens with one attached hydrogen (secondary N) is 1. The molecule has 0 aliphatic rings. The highest BCUT2D eigenvalue weighted by Gasteiger charge is 2.16. The van der Waals surface area contributed by atoms with Crippen LogP contribution in [0.3, 0.4) is 0 Å². The smallest absolute Gasteiger partial charge is 0.303 e. The van der Waals surface area contributed by atoms with Crippen LogP contribution in [0, 0.1) is 12.7 Å². The van der Waals surface area contributed by atoms with E-state index >= 15 is 0 Å². The third-order valence-corrected chi connectivity index (χ3v) is 3.63. The predicted molar refractivity (Wildman–Crippen MR) is 90.8 cm³/mol. The average Bonchev–Trinajstić information content (AvgIpc) is 2.60. The first kappa shape index (κ1) is 18.4. The molecular weight excluding hydrogens is 325 g/mol. The molecule has 6 heteroatoms. The fraction of sp³-hybridized carbons (Fsp3) is 0.263. The van der Waals surface area contributed by atoms with Crippen LogP contribution in [0.2, 0.25) is 0 Å². The first-order chi connectivity index (χ1) is 12.0. The van der Waals surface area contributed by atoms with Gasteiger partial charge in [-0.25, -0.2) is 4.39 Å². The Morgan fingerprint density at radius 3 is 2.60 bits per heavy atom. The molecule has 0 spiro atoms. The fourth-order valence-electron chi connectivity index (χ4n) is 2.38. The van der Waals surface area contributed by atoms with Gasteiger partial charge in [0.05, 0.1) is 6.04 Å². The van der Waals surface area contributed by atoms with Crippen molar-refractivity contribution in [3.8, 4) is 5.75 Å². The van der Waals surface area contributed by atoms with Crippen LogP contribution in [-0.2, 0) is 9.59 Å². The molecule has 0 saturated carbocycles. The van der Waals surface area contributed by atoms with E-state index in [-0.39, 0.29) is 25.2 Å². The third-order valence-electron chi connectivity index (χ3n) is 3.63. The van der Waals surface area contributed by atoms with Gasteiger partial charge in [-0.05, 0) is 36.6 Å². The second-order valence-electron chi connectivity index (χ2n) is 5.69. The van der Waals surface area contributed by atoms with Crippen molar-refractivity contribution in [3.63, 3.8) is 0 Å². The molecule has 1 atom stereocenters. The molecule has 0 heterocycles. The lowest BCUT2D eigenvalue weighted by atomic mass is 10.0. The summed E-state index contributed by atoms with van der Waals surface area (Å²) in [4.78, 5) is 23.0. The molecule has 132 valence electrons. The van der Waals surface area contributed by atoms with Crippen LogP contribution in [0.15, 0.2) is 48.5 Å². The summed E-state index contributed by atoms with van der Waals surface area (Å²) in [5.41, 5.74) is 1.62. The molecular formula is C19H20FNO4. The van der Waals surface area contributed by atoms with E-state index in [0.29, 0.717) is 0 Å². The topological polar surface area (TPSA) is 75.6 Å². The number of carbonyl (C=O) groups excluding carboxylic acids is 1. The number of aliphatic carboxylic acids is 1. The maximum absolute atomic E-state index is 13.6. The van der Waals surface area contributed by atoms with Crippen LogP contribution in [0.1, 0.15) is 30.0 Å². The van der Waals surface area contributed by atoms with Crippen molar-refractivity contribution in [2.75, 3.05) is 6.61 Å². The van der Waals surface area contributed by atoms with E-state index < -0.39 is 23.7 Å². The molecule has 1 unspecified atom stereocenters. The number of carboxylic acids is 1. The third kappa shape index (κ3) is 5.91. The highest BCUT2D eigenvalue weighted by Crippen LogP contribution is 2.20. The first-order valence-electron chi connectivity index (χ1n) is 7.91. The molecule has 0 aromatic heterocycles. The van der Waals surface area contributed by atoms with Crippen molar-refractivity contribution in [2.45, 2.75) is 25.8 Å². The van der Waals surface area contributed by atoms with E-state index in [1.807, 2.05) is 30.3 Å². The lowest BCUT2D eigenvalue weighted by Gasteiger charge is -2.19. The fourth-order valence-corrected chi connectivity index (χ4v) is 2.38. The molecule has 5 nitrogen and oxygen atoms in total. The van der Waals surface area contributed by atoms with Crippen LogP contribution in [0.5, 0.6) is 5.75 Å². The van der Waals surface area contributed by atoms with Gasteiger partial charge in [0, 0.05) is 6.42 Å². The summed E-state index contributed by atoms with van der Waals surface area (Å²) < 4.78 is 18.9. The Bertz CT molecular complexity index is 733. The van der Waals surface area contributed by atoms with Gasteiger partial charge in [0.25, 0.3) is 5.91 Å². The Morgan fingerprint density at radius 1 is 1.20 bits per heavy atom. The Kier molecular flexibility index (Phi) is 6.51. The summed E-state index contributed by atoms with van der Waals surface area (Å²) in [7, 11) is 0. The van der Waals surface area contributed by atoms with E-state index in [1.54, 1.807) is 13.0 Å². The summed E-state index contributed by atoms with van der Waals surface area (Å²) in [6.07, 6.45) is 0.178. The number of halogens is 1. The predicted octanol–water partition coefficient (Wildman–Crippen LogP) is 3.24. The van der Waals surface area contributed by atoms with Crippen molar-refractivity contribution in [3.05, 3.63) is 65.5 Å². The summed E-state index contributed by atoms with van der Waals surface area (Å²) in [6, 6.07) is 13.0. The van der Waals surface area contributed by atoms with Crippen LogP contribution >= 0.6 is 0 Å². The average molecular weight is 345 g/mol. The van der Waals surface area contributed by atoms with E-state index in [1.165, 1.54) is 12.1 Å². The van der Waals surface area contributed by atoms with Crippen LogP contribution < -0.4 is 10.1 Å². The maximum Gasteiger partial charge on any atom is 0.303 e. The zero-order chi connectivity index (χ0) is 18.2. The van der Waals surface area contributed by atoms with Gasteiger partial charge in [0.15, 0.2) is 18.2 Å². The Balaban J connectivity index is 1.98. The highest BCUT2D eigenvalue weighted by atomic mass is 19.1. The molecule has 0 saturated heterocycles. The number of hydrogen-bond donors (Lipinski definition) is 2. The minimum absolute atomic E-state index is 0.0111. The molecule has 1 amide bonds. The molecule has 25 heavy (non-hydrogen) atoms. The van der Waals surface area contributed by atoms with Gasteiger partial charge in [0.2, 0.25) is 0 Å². The van der Waals surface area contributed by atoms with Crippen molar-refractivity contribution in [1.29, 1.82) is 0 Å². The van der Waals surface area contributed by atoms with Crippen LogP contribution in [0.25, 0.3) is 0 Å². The van der Waals surface area contributed by atoms with Gasteiger partial charge < -0.3 is 15.2 Å². The van der Waals surface area contributed by atoms with E-state index in [9.17, 15) is 14.0 Å². The van der Waals surface area contributed by atoms with Gasteiger partial charge in [-0.15, -0.1) is 0 Å². The zero-order valence-electron chi connectivity index (χ0n) is 13.9. The Labute approximate surface area is 145 Å². The lowest BCUT2D eigenvalue weighted by molar-refractivity contribution is -0.137. The Morgan fingerprint density at radius 2 is 1.92 bits per heavy atom. The summed E-state index contributed by atoms with van der Waals surface area (Å²) in [6.45, 7) is 1.44. The van der Waals surface area contributed by atoms with Gasteiger partial charge in [-0.3, -0.25) is 9.59 Å². The van der Waals surface area contributed by atoms with E-state index in [0.717, 1.165) is 11.1 Å². The van der Waals surface area contributed by atoms with Gasteiger partial charge in [-0.1, -0.05) is 36.4 Å². The highest BCUT2D eigenvalue weighted by molar-refractivity contribution is 5.78. The molecule has 0 aliphatic carbocycles. The van der Waals surface area contributed by atoms with Crippen molar-refractivity contribution in [1.82, 2.24) is 5.32 Å². The van der Waals surface area contributed by atoms with Crippen molar-refractivity contribution >= 4 is 11.9 Å². The standard InChI is InChI=1S/C19H20FNO4/c1-13-7-8-15(20)17(11-13)25-12-18(22)21-16(9-10-19(23)24)14-5-3-2-4-6-14/h2-8,11,16H,9-10,12H2,1H3,(H,21,22)(H,23,24). The number of hydrogen-bond acceptors (Lipinski definition) is 3. The minimum atomic E-state index is -0.937. The summed E-state index contributed by atoms with van der Waals surface area (Å²) >= 11 is 0. The first-order valence-corrected chi connectivity index (χ1v) is 7.91. The molecule has 2 aromatic rings. The number of amides is 1. The quantitative estimate of drug-likeness (QED) is 0.770. The summed E-state index contributed by atoms with van der Waals surface area (Å²) in [5.74, 6) is -1.91. The Hall–Kier alpha value is -2.89. The van der Waals surface area contributed by atoms with Crippen molar-refractivity contribution < 1.29 is 23.8 Å². The number of rotatable bonds is 8. The van der Waals surface area contributed by atoms with E-state index in [4.69, 9.17) is 9.84 Å². The second-order valence-corrected chi connectivity index (χ2v) is 5.69. The normalized spacial score (nSPS) is 11.6. The molecule has 2 rings (SSSR count). The van der Waals surface area contributed by atoms with Crippen LogP contribution in [0.4, 0.5) is 4.39 Å². The van der Waals surface area contributed by atoms with E-state index in [2.05, 4.69) is 5.32 Å². The van der Waals surface area contributed by atoms with Gasteiger partial charge in [0.1, 0.15) is 0 Å². The van der Waals surface area contributed by atoms with Crippen molar-refractivity contribution in [2.24, 2.45) is 0 Å². The maximum atomic E-state index is 13.6. The molecule has 2 aromatic carbocycles. The number of benzene rings is 2. The van der Waals surface area contributed by atoms with Gasteiger partial charge in [-0.2, -0.15) is 0 Å². The largest absolute Gasteiger partial charge is 0.481 e. The lowest BCUT2D eigenvalue weighted by Crippen LogP contribution is -2.33. The molecule has 2 N–H and O–H groups in total. The zero-order valence-corrected chi connectivity index (χ0v) is 13.9. The van der Waals surface area contributed by atoms with Gasteiger partial charge >= 0.3 is 5.97 Å². The molecule has 0 aliphatic heterocycles. The monoisotopic (exact) mass is 345 g/mol. The summed E-state index contributed by atoms with van der Waals surface area (Å²) in [5, 5.41) is 11.6. The number of carbonyl (C=O) groups is 2. The number of carboxylic acid groups (broad SMARTS) is 1. The second kappa shape index (κ2) is 8.82. The minimum Gasteiger partial charge on any atom is -0.481 e. The molecule has 0 bridgehead atoms. The SMILES string of the molecule is Cc1ccc(F)c(OCC(=O)NC(CCC(=O)O)c2ccccc2)c1. The number of ether oxygens (including phenoxy) is 1. The molecule has 0 radical (unpaired) electrons. The molecule has 0 fully saturated rings.